The molecular weight excluding hydrogens is 451 g/mol. The van der Waals surface area contributed by atoms with Crippen molar-refractivity contribution in [1.82, 2.24) is 4.31 Å². The van der Waals surface area contributed by atoms with Crippen LogP contribution < -0.4 is 4.90 Å². The van der Waals surface area contributed by atoms with Crippen LogP contribution in [0.5, 0.6) is 0 Å². The van der Waals surface area contributed by atoms with Crippen LogP contribution in [0.15, 0.2) is 65.6 Å². The molecule has 0 aromatic heterocycles. The Labute approximate surface area is 200 Å². The number of halogens is 1. The van der Waals surface area contributed by atoms with Crippen molar-refractivity contribution in [3.05, 3.63) is 71.8 Å². The van der Waals surface area contributed by atoms with Crippen LogP contribution in [0.3, 0.4) is 0 Å². The molecule has 1 amide bonds. The quantitative estimate of drug-likeness (QED) is 0.457. The van der Waals surface area contributed by atoms with E-state index in [0.29, 0.717) is 5.69 Å². The fourth-order valence-corrected chi connectivity index (χ4v) is 6.13. The molecule has 3 aromatic carbocycles. The van der Waals surface area contributed by atoms with E-state index in [1.165, 1.54) is 27.4 Å². The first-order valence-corrected chi connectivity index (χ1v) is 12.5. The average Bonchev–Trinajstić information content (AvgIpc) is 3.04. The van der Waals surface area contributed by atoms with E-state index in [4.69, 9.17) is 6.42 Å². The fraction of sp³-hybridized carbons (Fsp3) is 0.296. The number of hydrogen-bond acceptors (Lipinski definition) is 3. The van der Waals surface area contributed by atoms with Gasteiger partial charge in [-0.3, -0.25) is 4.79 Å². The molecule has 7 heteroatoms. The molecule has 0 aliphatic carbocycles. The van der Waals surface area contributed by atoms with Crippen molar-refractivity contribution >= 4 is 32.4 Å². The maximum atomic E-state index is 14.9. The minimum Gasteiger partial charge on any atom is -0.308 e. The summed E-state index contributed by atoms with van der Waals surface area (Å²) in [6.45, 7) is 5.81. The molecule has 0 fully saturated rings. The zero-order valence-corrected chi connectivity index (χ0v) is 20.3. The molecule has 0 spiro atoms. The molecule has 0 saturated carbocycles. The smallest absolute Gasteiger partial charge is 0.266 e. The SMILES string of the molecule is C#CCCN1C(=O)C(F)c2cc(S(=O)(=O)N(Cc3cccc4ccccc34)C(C)(C)C)ccc21. The molecule has 4 rings (SSSR count). The van der Waals surface area contributed by atoms with Crippen molar-refractivity contribution in [3.63, 3.8) is 0 Å². The normalized spacial score (nSPS) is 16.2. The van der Waals surface area contributed by atoms with Crippen LogP contribution in [0.1, 0.15) is 44.5 Å². The van der Waals surface area contributed by atoms with Crippen molar-refractivity contribution in [2.75, 3.05) is 11.4 Å². The van der Waals surface area contributed by atoms with Gasteiger partial charge in [0.05, 0.1) is 10.6 Å². The van der Waals surface area contributed by atoms with E-state index in [9.17, 15) is 17.6 Å². The van der Waals surface area contributed by atoms with Crippen LogP contribution in [-0.2, 0) is 21.4 Å². The number of nitrogens with zero attached hydrogens (tertiary/aromatic N) is 2. The number of carbonyl (C=O) groups excluding carboxylic acids is 1. The molecule has 34 heavy (non-hydrogen) atoms. The molecule has 0 radical (unpaired) electrons. The molecule has 0 saturated heterocycles. The van der Waals surface area contributed by atoms with Crippen LogP contribution in [-0.4, -0.2) is 30.7 Å². The standard InChI is InChI=1S/C27H27FN2O3S/c1-5-6-16-29-24-15-14-21(17-23(24)25(28)26(29)31)34(32,33)30(27(2,3)4)18-20-12-9-11-19-10-7-8-13-22(19)20/h1,7-15,17,25H,6,16,18H2,2-4H3. The maximum Gasteiger partial charge on any atom is 0.266 e. The van der Waals surface area contributed by atoms with E-state index < -0.39 is 27.6 Å². The summed E-state index contributed by atoms with van der Waals surface area (Å²) in [5.41, 5.74) is 0.542. The van der Waals surface area contributed by atoms with Gasteiger partial charge in [-0.2, -0.15) is 4.31 Å². The van der Waals surface area contributed by atoms with Gasteiger partial charge in [-0.1, -0.05) is 42.5 Å². The van der Waals surface area contributed by atoms with Crippen molar-refractivity contribution < 1.29 is 17.6 Å². The van der Waals surface area contributed by atoms with Gasteiger partial charge in [0.15, 0.2) is 0 Å². The van der Waals surface area contributed by atoms with E-state index >= 15 is 0 Å². The third-order valence-electron chi connectivity index (χ3n) is 6.06. The average molecular weight is 479 g/mol. The van der Waals surface area contributed by atoms with Crippen molar-refractivity contribution in [1.29, 1.82) is 0 Å². The number of amides is 1. The van der Waals surface area contributed by atoms with Gasteiger partial charge in [0, 0.05) is 30.6 Å². The van der Waals surface area contributed by atoms with Crippen LogP contribution in [0, 0.1) is 12.3 Å². The highest BCUT2D eigenvalue weighted by Crippen LogP contribution is 2.40. The number of carbonyl (C=O) groups is 1. The Morgan fingerprint density at radius 1 is 1.09 bits per heavy atom. The van der Waals surface area contributed by atoms with Gasteiger partial charge in [0.25, 0.3) is 5.91 Å². The summed E-state index contributed by atoms with van der Waals surface area (Å²) >= 11 is 0. The first-order valence-electron chi connectivity index (χ1n) is 11.1. The lowest BCUT2D eigenvalue weighted by molar-refractivity contribution is -0.122. The summed E-state index contributed by atoms with van der Waals surface area (Å²) in [4.78, 5) is 13.7. The minimum atomic E-state index is -4.02. The van der Waals surface area contributed by atoms with Gasteiger partial charge in [-0.25, -0.2) is 12.8 Å². The number of sulfonamides is 1. The number of fused-ring (bicyclic) bond motifs is 2. The first-order chi connectivity index (χ1) is 16.1. The second-order valence-electron chi connectivity index (χ2n) is 9.35. The number of hydrogen-bond donors (Lipinski definition) is 0. The van der Waals surface area contributed by atoms with E-state index in [2.05, 4.69) is 5.92 Å². The Balaban J connectivity index is 1.76. The van der Waals surface area contributed by atoms with Gasteiger partial charge in [-0.05, 0) is 55.3 Å². The van der Waals surface area contributed by atoms with E-state index in [1.54, 1.807) is 0 Å². The Bertz CT molecular complexity index is 1400. The summed E-state index contributed by atoms with van der Waals surface area (Å²) in [6, 6.07) is 17.8. The molecular formula is C27H27FN2O3S. The first kappa shape index (κ1) is 23.9. The van der Waals surface area contributed by atoms with Gasteiger partial charge in [-0.15, -0.1) is 12.3 Å². The third kappa shape index (κ3) is 4.20. The zero-order chi connectivity index (χ0) is 24.7. The molecule has 3 aromatic rings. The fourth-order valence-electron chi connectivity index (χ4n) is 4.33. The minimum absolute atomic E-state index is 0.0457. The van der Waals surface area contributed by atoms with Crippen LogP contribution >= 0.6 is 0 Å². The Kier molecular flexibility index (Phi) is 6.24. The largest absolute Gasteiger partial charge is 0.308 e. The lowest BCUT2D eigenvalue weighted by Gasteiger charge is -2.35. The molecule has 0 N–H and O–H groups in total. The lowest BCUT2D eigenvalue weighted by atomic mass is 10.0. The summed E-state index contributed by atoms with van der Waals surface area (Å²) in [5, 5.41) is 2.00. The van der Waals surface area contributed by atoms with E-state index in [1.807, 2.05) is 63.2 Å². The molecule has 0 bridgehead atoms. The summed E-state index contributed by atoms with van der Waals surface area (Å²) in [7, 11) is -4.02. The van der Waals surface area contributed by atoms with Gasteiger partial charge in [0.1, 0.15) is 0 Å². The topological polar surface area (TPSA) is 57.7 Å². The molecule has 1 aliphatic rings. The number of anilines is 1. The summed E-state index contributed by atoms with van der Waals surface area (Å²) < 4.78 is 44.0. The Morgan fingerprint density at radius 2 is 1.79 bits per heavy atom. The second-order valence-corrected chi connectivity index (χ2v) is 11.2. The van der Waals surface area contributed by atoms with Gasteiger partial charge < -0.3 is 4.90 Å². The molecule has 1 aliphatic heterocycles. The molecule has 1 heterocycles. The Morgan fingerprint density at radius 3 is 2.50 bits per heavy atom. The van der Waals surface area contributed by atoms with Gasteiger partial charge in [0.2, 0.25) is 16.2 Å². The number of benzene rings is 3. The monoisotopic (exact) mass is 478 g/mol. The molecule has 1 unspecified atom stereocenters. The number of terminal acetylenes is 1. The van der Waals surface area contributed by atoms with E-state index in [0.717, 1.165) is 16.3 Å². The predicted octanol–water partition coefficient (Wildman–Crippen LogP) is 5.21. The second kappa shape index (κ2) is 8.86. The molecule has 176 valence electrons. The van der Waals surface area contributed by atoms with Crippen LogP contribution in [0.25, 0.3) is 10.8 Å². The third-order valence-corrected chi connectivity index (χ3v) is 8.16. The van der Waals surface area contributed by atoms with Crippen LogP contribution in [0.4, 0.5) is 10.1 Å². The van der Waals surface area contributed by atoms with Crippen molar-refractivity contribution in [2.45, 2.75) is 50.3 Å². The van der Waals surface area contributed by atoms with Gasteiger partial charge >= 0.3 is 0 Å². The number of rotatable bonds is 6. The van der Waals surface area contributed by atoms with Crippen molar-refractivity contribution in [2.24, 2.45) is 0 Å². The predicted molar refractivity (Wildman–Crippen MR) is 133 cm³/mol. The highest BCUT2D eigenvalue weighted by molar-refractivity contribution is 7.89. The van der Waals surface area contributed by atoms with Crippen LogP contribution in [0.2, 0.25) is 0 Å². The molecule has 5 nitrogen and oxygen atoms in total. The summed E-state index contributed by atoms with van der Waals surface area (Å²) in [5.74, 6) is 1.73. The Hall–Kier alpha value is -3.21. The highest BCUT2D eigenvalue weighted by Gasteiger charge is 2.40. The zero-order valence-electron chi connectivity index (χ0n) is 19.5. The maximum absolute atomic E-state index is 14.9. The highest BCUT2D eigenvalue weighted by atomic mass is 32.2. The lowest BCUT2D eigenvalue weighted by Crippen LogP contribution is -2.45. The van der Waals surface area contributed by atoms with Crippen molar-refractivity contribution in [3.8, 4) is 12.3 Å². The van der Waals surface area contributed by atoms with E-state index in [-0.39, 0.29) is 30.0 Å². The molecule has 1 atom stereocenters. The summed E-state index contributed by atoms with van der Waals surface area (Å²) in [6.07, 6.45) is 3.66. The number of alkyl halides is 1.